The van der Waals surface area contributed by atoms with Crippen LogP contribution < -0.4 is 10.1 Å². The Kier molecular flexibility index (Phi) is 6.19. The van der Waals surface area contributed by atoms with Gasteiger partial charge in [0.25, 0.3) is 5.91 Å². The maximum atomic E-state index is 12.8. The summed E-state index contributed by atoms with van der Waals surface area (Å²) in [6.07, 6.45) is 0. The Labute approximate surface area is 168 Å². The molecule has 0 bridgehead atoms. The number of aromatic nitrogens is 1. The Morgan fingerprint density at radius 2 is 1.85 bits per heavy atom. The second-order valence-corrected chi connectivity index (χ2v) is 9.09. The first-order valence-corrected chi connectivity index (χ1v) is 10.4. The maximum Gasteiger partial charge on any atom is 0.258 e. The molecule has 0 aliphatic rings. The number of amides is 1. The Morgan fingerprint density at radius 1 is 1.15 bits per heavy atom. The molecule has 1 heterocycles. The summed E-state index contributed by atoms with van der Waals surface area (Å²) in [7, 11) is 1.64. The lowest BCUT2D eigenvalue weighted by atomic mass is 10.1. The summed E-state index contributed by atoms with van der Waals surface area (Å²) >= 11 is 3.16. The van der Waals surface area contributed by atoms with Crippen molar-refractivity contribution in [3.05, 3.63) is 59.0 Å². The highest BCUT2D eigenvalue weighted by atomic mass is 32.2. The molecule has 1 amide bonds. The van der Waals surface area contributed by atoms with E-state index >= 15 is 0 Å². The van der Waals surface area contributed by atoms with Crippen LogP contribution in [0.4, 0.5) is 5.13 Å². The van der Waals surface area contributed by atoms with Gasteiger partial charge in [-0.2, -0.15) is 0 Å². The third kappa shape index (κ3) is 4.70. The number of thiazole rings is 1. The van der Waals surface area contributed by atoms with Gasteiger partial charge in [0, 0.05) is 20.6 Å². The Bertz CT molecular complexity index is 934. The highest BCUT2D eigenvalue weighted by Gasteiger charge is 2.16. The van der Waals surface area contributed by atoms with Crippen LogP contribution in [-0.4, -0.2) is 23.3 Å². The van der Waals surface area contributed by atoms with E-state index in [9.17, 15) is 4.79 Å². The summed E-state index contributed by atoms with van der Waals surface area (Å²) in [4.78, 5) is 19.4. The molecule has 0 radical (unpaired) electrons. The summed E-state index contributed by atoms with van der Waals surface area (Å²) in [5.41, 5.74) is 2.55. The zero-order valence-electron chi connectivity index (χ0n) is 15.8. The molecule has 1 aromatic heterocycles. The number of carbonyl (C=O) groups excluding carboxylic acids is 1. The number of benzene rings is 2. The van der Waals surface area contributed by atoms with Crippen LogP contribution in [0.2, 0.25) is 0 Å². The van der Waals surface area contributed by atoms with Crippen LogP contribution in [0.3, 0.4) is 0 Å². The molecular weight excluding hydrogens is 376 g/mol. The van der Waals surface area contributed by atoms with Gasteiger partial charge in [-0.15, -0.1) is 23.1 Å². The minimum absolute atomic E-state index is 0.131. The van der Waals surface area contributed by atoms with E-state index in [1.165, 1.54) is 11.3 Å². The summed E-state index contributed by atoms with van der Waals surface area (Å²) in [5, 5.41) is 3.97. The molecule has 0 aliphatic carbocycles. The predicted octanol–water partition coefficient (Wildman–Crippen LogP) is 5.88. The molecule has 3 rings (SSSR count). The quantitative estimate of drug-likeness (QED) is 0.527. The number of hydrogen-bond acceptors (Lipinski definition) is 5. The normalized spacial score (nSPS) is 10.9. The number of nitrogens with one attached hydrogen (secondary N) is 1. The van der Waals surface area contributed by atoms with Gasteiger partial charge in [0.2, 0.25) is 0 Å². The van der Waals surface area contributed by atoms with Gasteiger partial charge in [-0.05, 0) is 43.3 Å². The second kappa shape index (κ2) is 8.59. The van der Waals surface area contributed by atoms with Crippen LogP contribution in [-0.2, 0) is 0 Å². The second-order valence-electron chi connectivity index (χ2n) is 6.27. The maximum absolute atomic E-state index is 12.8. The van der Waals surface area contributed by atoms with Gasteiger partial charge in [0.1, 0.15) is 5.75 Å². The number of carbonyl (C=O) groups is 1. The Hall–Kier alpha value is -2.31. The highest BCUT2D eigenvalue weighted by molar-refractivity contribution is 8.00. The first-order valence-electron chi connectivity index (χ1n) is 8.67. The molecule has 3 aromatic rings. The number of rotatable bonds is 6. The lowest BCUT2D eigenvalue weighted by Gasteiger charge is -2.10. The molecule has 0 saturated carbocycles. The van der Waals surface area contributed by atoms with E-state index < -0.39 is 0 Å². The van der Waals surface area contributed by atoms with Gasteiger partial charge >= 0.3 is 0 Å². The van der Waals surface area contributed by atoms with Crippen LogP contribution >= 0.6 is 23.1 Å². The molecule has 0 atom stereocenters. The number of aryl methyl sites for hydroxylation is 1. The number of anilines is 1. The zero-order valence-corrected chi connectivity index (χ0v) is 17.4. The van der Waals surface area contributed by atoms with Crippen LogP contribution in [0.1, 0.15) is 29.1 Å². The molecule has 0 fully saturated rings. The number of thioether (sulfide) groups is 1. The van der Waals surface area contributed by atoms with Crippen molar-refractivity contribution in [2.24, 2.45) is 0 Å². The van der Waals surface area contributed by atoms with E-state index in [2.05, 4.69) is 24.1 Å². The summed E-state index contributed by atoms with van der Waals surface area (Å²) < 4.78 is 5.20. The van der Waals surface area contributed by atoms with Crippen molar-refractivity contribution < 1.29 is 9.53 Å². The van der Waals surface area contributed by atoms with Crippen molar-refractivity contribution in [1.82, 2.24) is 4.98 Å². The largest absolute Gasteiger partial charge is 0.497 e. The van der Waals surface area contributed by atoms with Crippen LogP contribution in [0, 0.1) is 6.92 Å². The first-order chi connectivity index (χ1) is 13.0. The molecule has 140 valence electrons. The predicted molar refractivity (Wildman–Crippen MR) is 114 cm³/mol. The van der Waals surface area contributed by atoms with Crippen molar-refractivity contribution in [3.8, 4) is 17.0 Å². The van der Waals surface area contributed by atoms with Gasteiger partial charge in [0.05, 0.1) is 18.4 Å². The third-order valence-corrected chi connectivity index (χ3v) is 5.84. The molecule has 0 unspecified atom stereocenters. The minimum atomic E-state index is -0.131. The summed E-state index contributed by atoms with van der Waals surface area (Å²) in [6.45, 7) is 6.24. The van der Waals surface area contributed by atoms with E-state index in [1.54, 1.807) is 18.9 Å². The fourth-order valence-electron chi connectivity index (χ4n) is 2.64. The molecule has 0 aliphatic heterocycles. The number of methoxy groups -OCH3 is 1. The smallest absolute Gasteiger partial charge is 0.258 e. The summed E-state index contributed by atoms with van der Waals surface area (Å²) in [6, 6.07) is 15.4. The molecule has 4 nitrogen and oxygen atoms in total. The lowest BCUT2D eigenvalue weighted by Crippen LogP contribution is -2.13. The van der Waals surface area contributed by atoms with Crippen LogP contribution in [0.15, 0.2) is 53.4 Å². The SMILES string of the molecule is COc1ccc(-c2nc(NC(=O)c3ccccc3SC(C)C)sc2C)cc1. The van der Waals surface area contributed by atoms with Crippen molar-refractivity contribution in [3.63, 3.8) is 0 Å². The molecule has 0 saturated heterocycles. The zero-order chi connectivity index (χ0) is 19.4. The highest BCUT2D eigenvalue weighted by Crippen LogP contribution is 2.32. The summed E-state index contributed by atoms with van der Waals surface area (Å²) in [5.74, 6) is 0.674. The van der Waals surface area contributed by atoms with Crippen LogP contribution in [0.5, 0.6) is 5.75 Å². The molecule has 6 heteroatoms. The van der Waals surface area contributed by atoms with Crippen LogP contribution in [0.25, 0.3) is 11.3 Å². The number of hydrogen-bond donors (Lipinski definition) is 1. The minimum Gasteiger partial charge on any atom is -0.497 e. The molecular formula is C21H22N2O2S2. The number of nitrogens with zero attached hydrogens (tertiary/aromatic N) is 1. The van der Waals surface area contributed by atoms with Gasteiger partial charge < -0.3 is 4.74 Å². The van der Waals surface area contributed by atoms with Gasteiger partial charge in [-0.1, -0.05) is 26.0 Å². The fourth-order valence-corrected chi connectivity index (χ4v) is 4.43. The molecule has 2 aromatic carbocycles. The fraction of sp³-hybridized carbons (Fsp3) is 0.238. The molecule has 0 spiro atoms. The van der Waals surface area contributed by atoms with Crippen molar-refractivity contribution in [2.75, 3.05) is 12.4 Å². The average Bonchev–Trinajstić information content (AvgIpc) is 3.01. The van der Waals surface area contributed by atoms with E-state index in [1.807, 2.05) is 55.5 Å². The molecule has 1 N–H and O–H groups in total. The third-order valence-electron chi connectivity index (χ3n) is 3.87. The Morgan fingerprint density at radius 3 is 2.52 bits per heavy atom. The van der Waals surface area contributed by atoms with Crippen molar-refractivity contribution in [1.29, 1.82) is 0 Å². The topological polar surface area (TPSA) is 51.2 Å². The van der Waals surface area contributed by atoms with Crippen molar-refractivity contribution in [2.45, 2.75) is 30.9 Å². The van der Waals surface area contributed by atoms with E-state index in [0.717, 1.165) is 26.8 Å². The monoisotopic (exact) mass is 398 g/mol. The first kappa shape index (κ1) is 19.5. The Balaban J connectivity index is 1.81. The van der Waals surface area contributed by atoms with Gasteiger partial charge in [0.15, 0.2) is 5.13 Å². The van der Waals surface area contributed by atoms with Crippen molar-refractivity contribution >= 4 is 34.1 Å². The van der Waals surface area contributed by atoms with E-state index in [4.69, 9.17) is 4.74 Å². The average molecular weight is 399 g/mol. The van der Waals surface area contributed by atoms with Gasteiger partial charge in [-0.3, -0.25) is 10.1 Å². The van der Waals surface area contributed by atoms with Gasteiger partial charge in [-0.25, -0.2) is 4.98 Å². The molecule has 27 heavy (non-hydrogen) atoms. The standard InChI is InChI=1S/C21H22N2O2S2/c1-13(2)26-18-8-6-5-7-17(18)20(24)23-21-22-19(14(3)27-21)15-9-11-16(25-4)12-10-15/h5-13H,1-4H3,(H,22,23,24). The lowest BCUT2D eigenvalue weighted by molar-refractivity contribution is 0.102. The number of ether oxygens (including phenoxy) is 1. The van der Waals surface area contributed by atoms with E-state index in [0.29, 0.717) is 15.9 Å². The van der Waals surface area contributed by atoms with E-state index in [-0.39, 0.29) is 5.91 Å².